The lowest BCUT2D eigenvalue weighted by molar-refractivity contribution is 0.949. The van der Waals surface area contributed by atoms with Crippen molar-refractivity contribution in [1.82, 2.24) is 4.98 Å². The third-order valence-corrected chi connectivity index (χ3v) is 3.36. The summed E-state index contributed by atoms with van der Waals surface area (Å²) in [4.78, 5) is 6.56. The molecule has 0 unspecified atom stereocenters. The van der Waals surface area contributed by atoms with E-state index < -0.39 is 0 Å². The van der Waals surface area contributed by atoms with Crippen molar-refractivity contribution in [2.24, 2.45) is 0 Å². The first-order chi connectivity index (χ1) is 8.40. The Labute approximate surface area is 100 Å². The normalized spacial score (nSPS) is 15.1. The van der Waals surface area contributed by atoms with E-state index in [9.17, 15) is 0 Å². The summed E-state index contributed by atoms with van der Waals surface area (Å²) >= 11 is 0. The number of hydrogen-bond donors (Lipinski definition) is 0. The molecule has 0 spiro atoms. The number of rotatable bonds is 1. The first-order valence-electron chi connectivity index (χ1n) is 5.92. The number of nitriles is 1. The Hall–Kier alpha value is -2.08. The van der Waals surface area contributed by atoms with Gasteiger partial charge in [-0.3, -0.25) is 4.98 Å². The smallest absolute Gasteiger partial charge is 0.0998 e. The van der Waals surface area contributed by atoms with Gasteiger partial charge in [0.15, 0.2) is 0 Å². The summed E-state index contributed by atoms with van der Waals surface area (Å²) in [7, 11) is 0. The van der Waals surface area contributed by atoms with Gasteiger partial charge in [0.2, 0.25) is 0 Å². The zero-order chi connectivity index (χ0) is 11.7. The number of anilines is 1. The van der Waals surface area contributed by atoms with Crippen LogP contribution in [-0.4, -0.2) is 18.1 Å². The van der Waals surface area contributed by atoms with Crippen molar-refractivity contribution in [3.8, 4) is 6.07 Å². The Bertz CT molecular complexity index is 592. The molecule has 3 heteroatoms. The topological polar surface area (TPSA) is 39.9 Å². The number of hydrogen-bond acceptors (Lipinski definition) is 3. The Morgan fingerprint density at radius 1 is 1.12 bits per heavy atom. The molecule has 1 aromatic heterocycles. The van der Waals surface area contributed by atoms with E-state index in [4.69, 9.17) is 5.26 Å². The van der Waals surface area contributed by atoms with Crippen LogP contribution in [0.4, 0.5) is 5.69 Å². The standard InChI is InChI=1S/C14H13N3/c15-9-11-3-4-14(17-7-1-2-8-17)13-10-16-6-5-12(11)13/h3-6,10H,1-2,7-8H2. The molecule has 0 amide bonds. The van der Waals surface area contributed by atoms with Crippen LogP contribution in [0.2, 0.25) is 0 Å². The second-order valence-electron chi connectivity index (χ2n) is 4.36. The van der Waals surface area contributed by atoms with E-state index in [0.29, 0.717) is 0 Å². The predicted octanol–water partition coefficient (Wildman–Crippen LogP) is 2.71. The molecule has 3 rings (SSSR count). The molecular formula is C14H13N3. The molecule has 0 N–H and O–H groups in total. The number of nitrogens with zero attached hydrogens (tertiary/aromatic N) is 3. The van der Waals surface area contributed by atoms with E-state index in [2.05, 4.69) is 16.0 Å². The highest BCUT2D eigenvalue weighted by molar-refractivity contribution is 5.97. The van der Waals surface area contributed by atoms with Gasteiger partial charge in [0.25, 0.3) is 0 Å². The molecule has 1 aliphatic heterocycles. The number of aromatic nitrogens is 1. The van der Waals surface area contributed by atoms with Crippen molar-refractivity contribution >= 4 is 16.5 Å². The quantitative estimate of drug-likeness (QED) is 0.746. The van der Waals surface area contributed by atoms with E-state index in [1.165, 1.54) is 18.5 Å². The maximum absolute atomic E-state index is 9.11. The average molecular weight is 223 g/mol. The van der Waals surface area contributed by atoms with Crippen molar-refractivity contribution < 1.29 is 0 Å². The van der Waals surface area contributed by atoms with Gasteiger partial charge < -0.3 is 4.90 Å². The highest BCUT2D eigenvalue weighted by Gasteiger charge is 2.15. The van der Waals surface area contributed by atoms with Gasteiger partial charge in [-0.2, -0.15) is 5.26 Å². The lowest BCUT2D eigenvalue weighted by Crippen LogP contribution is -2.17. The van der Waals surface area contributed by atoms with Gasteiger partial charge in [0.05, 0.1) is 11.6 Å². The molecule has 1 fully saturated rings. The molecule has 2 heterocycles. The maximum Gasteiger partial charge on any atom is 0.0998 e. The minimum Gasteiger partial charge on any atom is -0.371 e. The molecule has 84 valence electrons. The van der Waals surface area contributed by atoms with E-state index in [1.54, 1.807) is 6.20 Å². The van der Waals surface area contributed by atoms with Gasteiger partial charge in [-0.05, 0) is 31.0 Å². The van der Waals surface area contributed by atoms with Crippen molar-refractivity contribution in [3.63, 3.8) is 0 Å². The molecule has 17 heavy (non-hydrogen) atoms. The summed E-state index contributed by atoms with van der Waals surface area (Å²) in [5.74, 6) is 0. The fourth-order valence-corrected chi connectivity index (χ4v) is 2.51. The van der Waals surface area contributed by atoms with Crippen LogP contribution in [0.15, 0.2) is 30.6 Å². The van der Waals surface area contributed by atoms with Crippen LogP contribution in [-0.2, 0) is 0 Å². The van der Waals surface area contributed by atoms with E-state index in [1.807, 2.05) is 24.4 Å². The largest absolute Gasteiger partial charge is 0.371 e. The van der Waals surface area contributed by atoms with Crippen molar-refractivity contribution in [3.05, 3.63) is 36.2 Å². The Morgan fingerprint density at radius 2 is 1.94 bits per heavy atom. The van der Waals surface area contributed by atoms with Crippen LogP contribution in [0.25, 0.3) is 10.8 Å². The Balaban J connectivity index is 2.23. The summed E-state index contributed by atoms with van der Waals surface area (Å²) in [6.45, 7) is 2.21. The zero-order valence-electron chi connectivity index (χ0n) is 9.56. The lowest BCUT2D eigenvalue weighted by atomic mass is 10.1. The van der Waals surface area contributed by atoms with E-state index in [-0.39, 0.29) is 0 Å². The number of fused-ring (bicyclic) bond motifs is 1. The van der Waals surface area contributed by atoms with E-state index >= 15 is 0 Å². The van der Waals surface area contributed by atoms with Crippen LogP contribution in [0.1, 0.15) is 18.4 Å². The van der Waals surface area contributed by atoms with Crippen molar-refractivity contribution in [2.75, 3.05) is 18.0 Å². The Morgan fingerprint density at radius 3 is 2.71 bits per heavy atom. The summed E-state index contributed by atoms with van der Waals surface area (Å²) in [5.41, 5.74) is 1.94. The van der Waals surface area contributed by atoms with Crippen LogP contribution in [0.3, 0.4) is 0 Å². The Kier molecular flexibility index (Phi) is 2.41. The second kappa shape index (κ2) is 4.06. The zero-order valence-corrected chi connectivity index (χ0v) is 9.56. The van der Waals surface area contributed by atoms with Gasteiger partial charge in [-0.1, -0.05) is 0 Å². The number of pyridine rings is 1. The van der Waals surface area contributed by atoms with Crippen LogP contribution >= 0.6 is 0 Å². The fourth-order valence-electron chi connectivity index (χ4n) is 2.51. The lowest BCUT2D eigenvalue weighted by Gasteiger charge is -2.19. The predicted molar refractivity (Wildman–Crippen MR) is 67.9 cm³/mol. The summed E-state index contributed by atoms with van der Waals surface area (Å²) in [6, 6.07) is 8.13. The summed E-state index contributed by atoms with van der Waals surface area (Å²) < 4.78 is 0. The van der Waals surface area contributed by atoms with Gasteiger partial charge in [0.1, 0.15) is 0 Å². The SMILES string of the molecule is N#Cc1ccc(N2CCCC2)c2cnccc12. The van der Waals surface area contributed by atoms with Crippen molar-refractivity contribution in [1.29, 1.82) is 5.26 Å². The highest BCUT2D eigenvalue weighted by atomic mass is 15.1. The molecule has 0 saturated carbocycles. The molecule has 0 atom stereocenters. The molecule has 1 aliphatic rings. The number of benzene rings is 1. The average Bonchev–Trinajstić information content (AvgIpc) is 2.91. The van der Waals surface area contributed by atoms with Gasteiger partial charge >= 0.3 is 0 Å². The first-order valence-corrected chi connectivity index (χ1v) is 5.92. The molecule has 1 aromatic carbocycles. The molecular weight excluding hydrogens is 210 g/mol. The van der Waals surface area contributed by atoms with Crippen LogP contribution in [0, 0.1) is 11.3 Å². The second-order valence-corrected chi connectivity index (χ2v) is 4.36. The molecule has 0 bridgehead atoms. The van der Waals surface area contributed by atoms with Crippen molar-refractivity contribution in [2.45, 2.75) is 12.8 Å². The molecule has 1 saturated heterocycles. The van der Waals surface area contributed by atoms with Crippen LogP contribution in [0.5, 0.6) is 0 Å². The molecule has 3 nitrogen and oxygen atoms in total. The molecule has 0 radical (unpaired) electrons. The van der Waals surface area contributed by atoms with Gasteiger partial charge in [-0.15, -0.1) is 0 Å². The third kappa shape index (κ3) is 1.62. The van der Waals surface area contributed by atoms with E-state index in [0.717, 1.165) is 29.4 Å². The maximum atomic E-state index is 9.11. The fraction of sp³-hybridized carbons (Fsp3) is 0.286. The van der Waals surface area contributed by atoms with Gasteiger partial charge in [-0.25, -0.2) is 0 Å². The van der Waals surface area contributed by atoms with Gasteiger partial charge in [0, 0.05) is 41.9 Å². The molecule has 2 aromatic rings. The first kappa shape index (κ1) is 10.1. The minimum atomic E-state index is 0.727. The molecule has 0 aliphatic carbocycles. The third-order valence-electron chi connectivity index (χ3n) is 3.36. The summed E-state index contributed by atoms with van der Waals surface area (Å²) in [5, 5.41) is 11.2. The highest BCUT2D eigenvalue weighted by Crippen LogP contribution is 2.30. The monoisotopic (exact) mass is 223 g/mol. The summed E-state index contributed by atoms with van der Waals surface area (Å²) in [6.07, 6.45) is 6.12. The minimum absolute atomic E-state index is 0.727. The van der Waals surface area contributed by atoms with Crippen LogP contribution < -0.4 is 4.90 Å².